The molecule has 1 aliphatic rings. The van der Waals surface area contributed by atoms with Crippen LogP contribution in [0.4, 0.5) is 5.69 Å². The van der Waals surface area contributed by atoms with Gasteiger partial charge in [0.2, 0.25) is 22.7 Å². The largest absolute Gasteiger partial charge is 0.454 e. The molecule has 0 spiro atoms. The molecule has 1 atom stereocenters. The Morgan fingerprint density at radius 3 is 2.30 bits per heavy atom. The molecule has 0 aliphatic carbocycles. The van der Waals surface area contributed by atoms with Gasteiger partial charge in [0.25, 0.3) is 0 Å². The van der Waals surface area contributed by atoms with E-state index in [1.807, 2.05) is 30.3 Å². The lowest BCUT2D eigenvalue weighted by molar-refractivity contribution is -0.117. The highest BCUT2D eigenvalue weighted by molar-refractivity contribution is 7.89. The highest BCUT2D eigenvalue weighted by Gasteiger charge is 2.26. The number of sulfonamides is 1. The molecule has 30 heavy (non-hydrogen) atoms. The van der Waals surface area contributed by atoms with Gasteiger partial charge in [-0.15, -0.1) is 0 Å². The molecule has 0 fully saturated rings. The molecule has 1 heterocycles. The minimum atomic E-state index is -3.88. The average Bonchev–Trinajstić information content (AvgIpc) is 3.22. The first kappa shape index (κ1) is 19.9. The summed E-state index contributed by atoms with van der Waals surface area (Å²) in [4.78, 5) is 13.1. The zero-order chi connectivity index (χ0) is 21.0. The van der Waals surface area contributed by atoms with Crippen molar-refractivity contribution in [2.45, 2.75) is 17.4 Å². The van der Waals surface area contributed by atoms with E-state index >= 15 is 0 Å². The molecule has 4 rings (SSSR count). The number of anilines is 1. The number of nitrogens with one attached hydrogen (secondary N) is 2. The number of fused-ring (bicyclic) bond motifs is 1. The van der Waals surface area contributed by atoms with Crippen LogP contribution < -0.4 is 19.5 Å². The molecule has 0 saturated heterocycles. The first-order valence-corrected chi connectivity index (χ1v) is 10.8. The number of hydrogen-bond acceptors (Lipinski definition) is 5. The van der Waals surface area contributed by atoms with Crippen LogP contribution >= 0.6 is 0 Å². The Labute approximate surface area is 174 Å². The molecule has 3 aromatic carbocycles. The number of carbonyl (C=O) groups excluding carboxylic acids is 1. The zero-order valence-electron chi connectivity index (χ0n) is 15.9. The van der Waals surface area contributed by atoms with Crippen molar-refractivity contribution >= 4 is 21.6 Å². The maximum atomic E-state index is 13.0. The Morgan fingerprint density at radius 1 is 0.900 bits per heavy atom. The first-order chi connectivity index (χ1) is 14.5. The molecule has 8 heteroatoms. The van der Waals surface area contributed by atoms with E-state index in [1.54, 1.807) is 36.4 Å². The summed E-state index contributed by atoms with van der Waals surface area (Å²) in [5, 5.41) is 2.76. The van der Waals surface area contributed by atoms with E-state index < -0.39 is 22.0 Å². The zero-order valence-corrected chi connectivity index (χ0v) is 16.8. The maximum absolute atomic E-state index is 13.0. The second kappa shape index (κ2) is 8.56. The summed E-state index contributed by atoms with van der Waals surface area (Å²) in [7, 11) is -3.88. The summed E-state index contributed by atoms with van der Waals surface area (Å²) < 4.78 is 38.8. The van der Waals surface area contributed by atoms with Crippen LogP contribution in [0.1, 0.15) is 5.56 Å². The molecule has 1 aliphatic heterocycles. The predicted molar refractivity (Wildman–Crippen MR) is 112 cm³/mol. The fourth-order valence-electron chi connectivity index (χ4n) is 3.10. The lowest BCUT2D eigenvalue weighted by atomic mass is 10.1. The SMILES string of the molecule is O=C(Nc1ccc2c(c1)OCO2)[C@H](Cc1ccccc1)NS(=O)(=O)c1ccccc1. The van der Waals surface area contributed by atoms with Crippen LogP contribution in [0.3, 0.4) is 0 Å². The highest BCUT2D eigenvalue weighted by Crippen LogP contribution is 2.34. The minimum absolute atomic E-state index is 0.0962. The fraction of sp³-hybridized carbons (Fsp3) is 0.136. The van der Waals surface area contributed by atoms with Crippen molar-refractivity contribution in [1.29, 1.82) is 0 Å². The van der Waals surface area contributed by atoms with Gasteiger partial charge in [-0.3, -0.25) is 4.79 Å². The molecule has 154 valence electrons. The van der Waals surface area contributed by atoms with Crippen LogP contribution in [0.15, 0.2) is 83.8 Å². The lowest BCUT2D eigenvalue weighted by Gasteiger charge is -2.19. The number of carbonyl (C=O) groups is 1. The number of benzene rings is 3. The molecule has 3 aromatic rings. The topological polar surface area (TPSA) is 93.7 Å². The Bertz CT molecular complexity index is 1130. The summed E-state index contributed by atoms with van der Waals surface area (Å²) >= 11 is 0. The van der Waals surface area contributed by atoms with Gasteiger partial charge >= 0.3 is 0 Å². The van der Waals surface area contributed by atoms with Crippen LogP contribution in [0, 0.1) is 0 Å². The van der Waals surface area contributed by atoms with Crippen molar-refractivity contribution in [2.75, 3.05) is 12.1 Å². The Balaban J connectivity index is 1.57. The van der Waals surface area contributed by atoms with Gasteiger partial charge in [-0.05, 0) is 36.2 Å². The van der Waals surface area contributed by atoms with E-state index in [0.29, 0.717) is 17.2 Å². The fourth-order valence-corrected chi connectivity index (χ4v) is 4.31. The number of rotatable bonds is 7. The van der Waals surface area contributed by atoms with Crippen molar-refractivity contribution in [1.82, 2.24) is 4.72 Å². The molecule has 2 N–H and O–H groups in total. The third kappa shape index (κ3) is 4.61. The third-order valence-electron chi connectivity index (χ3n) is 4.59. The number of ether oxygens (including phenoxy) is 2. The van der Waals surface area contributed by atoms with Crippen molar-refractivity contribution < 1.29 is 22.7 Å². The van der Waals surface area contributed by atoms with Gasteiger partial charge in [0, 0.05) is 11.8 Å². The van der Waals surface area contributed by atoms with E-state index in [0.717, 1.165) is 5.56 Å². The maximum Gasteiger partial charge on any atom is 0.242 e. The first-order valence-electron chi connectivity index (χ1n) is 9.33. The van der Waals surface area contributed by atoms with Gasteiger partial charge in [0.15, 0.2) is 11.5 Å². The highest BCUT2D eigenvalue weighted by atomic mass is 32.2. The summed E-state index contributed by atoms with van der Waals surface area (Å²) in [6.45, 7) is 0.125. The van der Waals surface area contributed by atoms with Crippen molar-refractivity contribution in [3.05, 3.63) is 84.4 Å². The second-order valence-corrected chi connectivity index (χ2v) is 8.45. The molecule has 0 unspecified atom stereocenters. The molecule has 0 radical (unpaired) electrons. The molecule has 1 amide bonds. The van der Waals surface area contributed by atoms with Crippen LogP contribution in [-0.2, 0) is 21.2 Å². The summed E-state index contributed by atoms with van der Waals surface area (Å²) in [6.07, 6.45) is 0.198. The van der Waals surface area contributed by atoms with Gasteiger partial charge in [0.1, 0.15) is 6.04 Å². The van der Waals surface area contributed by atoms with Gasteiger partial charge in [0.05, 0.1) is 4.90 Å². The van der Waals surface area contributed by atoms with Crippen LogP contribution in [0.5, 0.6) is 11.5 Å². The Kier molecular flexibility index (Phi) is 5.69. The number of hydrogen-bond donors (Lipinski definition) is 2. The molecule has 0 saturated carbocycles. The molecule has 0 bridgehead atoms. The summed E-state index contributed by atoms with van der Waals surface area (Å²) in [5.74, 6) is 0.646. The smallest absolute Gasteiger partial charge is 0.242 e. The second-order valence-electron chi connectivity index (χ2n) is 6.73. The van der Waals surface area contributed by atoms with E-state index in [-0.39, 0.29) is 18.1 Å². The number of amides is 1. The van der Waals surface area contributed by atoms with Crippen molar-refractivity contribution in [3.8, 4) is 11.5 Å². The van der Waals surface area contributed by atoms with Gasteiger partial charge in [-0.2, -0.15) is 4.72 Å². The van der Waals surface area contributed by atoms with Crippen molar-refractivity contribution in [3.63, 3.8) is 0 Å². The van der Waals surface area contributed by atoms with E-state index in [4.69, 9.17) is 9.47 Å². The van der Waals surface area contributed by atoms with Gasteiger partial charge < -0.3 is 14.8 Å². The standard InChI is InChI=1S/C22H20N2O5S/c25-22(23-17-11-12-20-21(14-17)29-15-28-20)19(13-16-7-3-1-4-8-16)24-30(26,27)18-9-5-2-6-10-18/h1-12,14,19,24H,13,15H2,(H,23,25)/t19-/m0/s1. The molecular weight excluding hydrogens is 404 g/mol. The minimum Gasteiger partial charge on any atom is -0.454 e. The van der Waals surface area contributed by atoms with Gasteiger partial charge in [-0.1, -0.05) is 48.5 Å². The average molecular weight is 424 g/mol. The quantitative estimate of drug-likeness (QED) is 0.608. The van der Waals surface area contributed by atoms with Crippen LogP contribution in [-0.4, -0.2) is 27.2 Å². The van der Waals surface area contributed by atoms with Crippen LogP contribution in [0.2, 0.25) is 0 Å². The normalized spacial score (nSPS) is 13.6. The monoisotopic (exact) mass is 424 g/mol. The Morgan fingerprint density at radius 2 is 1.57 bits per heavy atom. The van der Waals surface area contributed by atoms with E-state index in [9.17, 15) is 13.2 Å². The Hall–Kier alpha value is -3.36. The molecule has 0 aromatic heterocycles. The van der Waals surface area contributed by atoms with Crippen molar-refractivity contribution in [2.24, 2.45) is 0 Å². The summed E-state index contributed by atoms with van der Waals surface area (Å²) in [5.41, 5.74) is 1.32. The predicted octanol–water partition coefficient (Wildman–Crippen LogP) is 2.94. The molecule has 7 nitrogen and oxygen atoms in total. The van der Waals surface area contributed by atoms with Crippen LogP contribution in [0.25, 0.3) is 0 Å². The van der Waals surface area contributed by atoms with Gasteiger partial charge in [-0.25, -0.2) is 8.42 Å². The summed E-state index contributed by atoms with van der Waals surface area (Å²) in [6, 6.07) is 21.2. The molecular formula is C22H20N2O5S. The lowest BCUT2D eigenvalue weighted by Crippen LogP contribution is -2.45. The third-order valence-corrected chi connectivity index (χ3v) is 6.08. The van der Waals surface area contributed by atoms with E-state index in [2.05, 4.69) is 10.0 Å². The van der Waals surface area contributed by atoms with E-state index in [1.165, 1.54) is 12.1 Å².